The number of para-hydroxylation sites is 6. The molecule has 0 N–H and O–H groups in total. The third kappa shape index (κ3) is 6.78. The first kappa shape index (κ1) is 54.2. The summed E-state index contributed by atoms with van der Waals surface area (Å²) in [5.74, 6) is 0. The smallest absolute Gasteiger partial charge is 0.247 e. The summed E-state index contributed by atoms with van der Waals surface area (Å²) in [7, 11) is -1.65. The van der Waals surface area contributed by atoms with E-state index in [1.165, 1.54) is 145 Å². The fourth-order valence-corrected chi connectivity index (χ4v) is 27.4. The van der Waals surface area contributed by atoms with E-state index in [0.717, 1.165) is 22.7 Å². The molecule has 2 atom stereocenters. The van der Waals surface area contributed by atoms with Crippen LogP contribution in [0, 0.1) is 6.92 Å². The molecule has 444 valence electrons. The van der Waals surface area contributed by atoms with Crippen LogP contribution in [0.15, 0.2) is 306 Å². The molecule has 0 saturated heterocycles. The van der Waals surface area contributed by atoms with E-state index in [1.807, 2.05) is 23.5 Å². The van der Waals surface area contributed by atoms with Crippen LogP contribution in [0.5, 0.6) is 0 Å². The van der Waals surface area contributed by atoms with Gasteiger partial charge in [-0.1, -0.05) is 240 Å². The zero-order valence-corrected chi connectivity index (χ0v) is 55.8. The quantitative estimate of drug-likeness (QED) is 0.147. The fraction of sp³-hybridized carbons (Fsp3) is 0.0824. The Balaban J connectivity index is 0.822. The molecule has 21 rings (SSSR count). The average Bonchev–Trinajstić information content (AvgIpc) is 1.32. The third-order valence-electron chi connectivity index (χ3n) is 22.5. The first-order valence-corrected chi connectivity index (χ1v) is 37.3. The molecule has 0 amide bonds. The van der Waals surface area contributed by atoms with Gasteiger partial charge in [0.1, 0.15) is 0 Å². The second-order valence-corrected chi connectivity index (χ2v) is 33.9. The number of rotatable bonds is 7. The summed E-state index contributed by atoms with van der Waals surface area (Å²) < 4.78 is 2.52. The molecule has 6 heterocycles. The van der Waals surface area contributed by atoms with Crippen LogP contribution in [-0.4, -0.2) is 24.2 Å². The lowest BCUT2D eigenvalue weighted by Gasteiger charge is -2.65. The lowest BCUT2D eigenvalue weighted by Crippen LogP contribution is -2.66. The van der Waals surface area contributed by atoms with Crippen molar-refractivity contribution >= 4 is 147 Å². The molecule has 7 aliphatic rings. The van der Waals surface area contributed by atoms with Gasteiger partial charge in [-0.2, -0.15) is 10.0 Å². The minimum atomic E-state index is -1.65. The second-order valence-electron chi connectivity index (χ2n) is 27.2. The molecule has 0 radical (unpaired) electrons. The molecule has 3 nitrogen and oxygen atoms in total. The van der Waals surface area contributed by atoms with Gasteiger partial charge in [-0.05, 0) is 188 Å². The maximum atomic E-state index is 2.71. The van der Waals surface area contributed by atoms with Gasteiger partial charge in [-0.25, -0.2) is 0 Å². The van der Waals surface area contributed by atoms with Gasteiger partial charge in [-0.15, -0.1) is 0 Å². The van der Waals surface area contributed by atoms with E-state index in [2.05, 4.69) is 327 Å². The first-order chi connectivity index (χ1) is 46.1. The minimum absolute atomic E-state index is 0.00490. The van der Waals surface area contributed by atoms with E-state index < -0.39 is 10.0 Å². The zero-order chi connectivity index (χ0) is 62.3. The van der Waals surface area contributed by atoms with Crippen molar-refractivity contribution in [3.8, 4) is 27.9 Å². The topological polar surface area (TPSA) is 11.4 Å². The van der Waals surface area contributed by atoms with Crippen LogP contribution >= 0.6 is 45.3 Å². The molecule has 0 spiro atoms. The van der Waals surface area contributed by atoms with E-state index in [1.54, 1.807) is 15.9 Å². The minimum Gasteiger partial charge on any atom is -0.310 e. The molecule has 0 bridgehead atoms. The van der Waals surface area contributed by atoms with Gasteiger partial charge in [0.05, 0.1) is 21.5 Å². The Hall–Kier alpha value is -9.21. The summed E-state index contributed by atoms with van der Waals surface area (Å²) in [5, 5.41) is 2.56. The van der Waals surface area contributed by atoms with E-state index in [9.17, 15) is 0 Å². The van der Waals surface area contributed by atoms with Crippen molar-refractivity contribution in [2.45, 2.75) is 77.0 Å². The number of nitrogens with zero attached hydrogens (tertiary/aromatic N) is 3. The number of hydrogen-bond acceptors (Lipinski definition) is 5. The SMILES string of the molecule is Cc1c2c(c(-n3c4ccccc4c4ccccc43)c3c1B1c4ccccc4S4(C)c5c1c(cc1c5C4(C)c4cc(N(c5ccccc5)c5ccccc5)ccc4-1)S3)Sc1cc3c(c4c1B2c1ccccc1S4)C(C)(C)c1cc(N(c2ccccc2)c2ccccc2)ccc1-3. The second kappa shape index (κ2) is 19.2. The number of aromatic nitrogens is 1. The molecular weight excluding hydrogens is 1210 g/mol. The summed E-state index contributed by atoms with van der Waals surface area (Å²) in [6, 6.07) is 101. The summed E-state index contributed by atoms with van der Waals surface area (Å²) in [6.45, 7) is 10.2. The van der Waals surface area contributed by atoms with Crippen molar-refractivity contribution < 1.29 is 0 Å². The number of fused-ring (bicyclic) bond motifs is 20. The van der Waals surface area contributed by atoms with E-state index in [-0.39, 0.29) is 23.6 Å². The molecule has 5 aliphatic heterocycles. The zero-order valence-electron chi connectivity index (χ0n) is 52.5. The molecule has 2 aliphatic carbocycles. The molecular formula is C85H59B2N3S4. The van der Waals surface area contributed by atoms with Crippen molar-refractivity contribution in [2.24, 2.45) is 0 Å². The highest BCUT2D eigenvalue weighted by molar-refractivity contribution is 8.35. The summed E-state index contributed by atoms with van der Waals surface area (Å²) in [4.78, 5) is 16.4. The Morgan fingerprint density at radius 1 is 0.383 bits per heavy atom. The van der Waals surface area contributed by atoms with Gasteiger partial charge in [-0.3, -0.25) is 0 Å². The molecule has 14 aromatic rings. The van der Waals surface area contributed by atoms with Crippen LogP contribution in [0.4, 0.5) is 34.1 Å². The van der Waals surface area contributed by atoms with Gasteiger partial charge < -0.3 is 14.4 Å². The molecule has 0 saturated carbocycles. The predicted molar refractivity (Wildman–Crippen MR) is 402 cm³/mol. The fourth-order valence-electron chi connectivity index (χ4n) is 18.4. The maximum Gasteiger partial charge on any atom is 0.247 e. The Bertz CT molecular complexity index is 5580. The van der Waals surface area contributed by atoms with E-state index >= 15 is 0 Å². The molecule has 94 heavy (non-hydrogen) atoms. The Morgan fingerprint density at radius 2 is 0.830 bits per heavy atom. The summed E-state index contributed by atoms with van der Waals surface area (Å²) in [5.41, 5.74) is 32.1. The van der Waals surface area contributed by atoms with Crippen molar-refractivity contribution in [3.63, 3.8) is 0 Å². The summed E-state index contributed by atoms with van der Waals surface area (Å²) in [6.07, 6.45) is 2.69. The van der Waals surface area contributed by atoms with Crippen molar-refractivity contribution in [2.75, 3.05) is 16.1 Å². The van der Waals surface area contributed by atoms with Crippen LogP contribution in [-0.2, 0) is 10.2 Å². The normalized spacial score (nSPS) is 18.3. The van der Waals surface area contributed by atoms with E-state index in [4.69, 9.17) is 0 Å². The Labute approximate surface area is 563 Å². The predicted octanol–water partition coefficient (Wildman–Crippen LogP) is 19.2. The van der Waals surface area contributed by atoms with E-state index in [0.29, 0.717) is 0 Å². The first-order valence-electron chi connectivity index (χ1n) is 32.8. The maximum absolute atomic E-state index is 2.71. The molecule has 13 aromatic carbocycles. The van der Waals surface area contributed by atoms with Crippen molar-refractivity contribution in [1.29, 1.82) is 0 Å². The van der Waals surface area contributed by atoms with Gasteiger partial charge >= 0.3 is 0 Å². The van der Waals surface area contributed by atoms with Crippen LogP contribution in [0.3, 0.4) is 0 Å². The van der Waals surface area contributed by atoms with Crippen LogP contribution in [0.25, 0.3) is 49.7 Å². The van der Waals surface area contributed by atoms with Gasteiger partial charge in [0.15, 0.2) is 0 Å². The lowest BCUT2D eigenvalue weighted by atomic mass is 9.31. The highest BCUT2D eigenvalue weighted by Crippen LogP contribution is 2.87. The van der Waals surface area contributed by atoms with Gasteiger partial charge in [0, 0.05) is 79.7 Å². The van der Waals surface area contributed by atoms with Crippen molar-refractivity contribution in [3.05, 3.63) is 295 Å². The number of hydrogen-bond donors (Lipinski definition) is 0. The molecule has 0 fully saturated rings. The average molecular weight is 1270 g/mol. The standard InChI is InChI=1S/C85H59B2N3S4/c1-50-75-81(92-70-48-61-57-44-42-55(88(51-26-10-6-11-27-51)52-28-12-7-13-29-52)46-63(57)84(2,3)73(61)80-77(70)86(75)65-36-20-24-40-69(65)91-80)79(90-67-38-22-18-34-59(67)60-35-19-23-39-68(60)90)82-76(50)87-66-37-21-25-41-72(66)94(5)83-74-62(49-71(93-82)78(83)87)58-45-43-56(47-64(58)85(74,94)4)89(53-30-14-8-15-31-53)54-32-16-9-17-33-54/h6-49H,1-5H3. The van der Waals surface area contributed by atoms with Crippen LogP contribution in [0.1, 0.15) is 48.6 Å². The Kier molecular flexibility index (Phi) is 11.1. The lowest BCUT2D eigenvalue weighted by molar-refractivity contribution is 0.647. The van der Waals surface area contributed by atoms with Crippen LogP contribution in [0.2, 0.25) is 0 Å². The largest absolute Gasteiger partial charge is 0.310 e. The molecule has 1 aromatic heterocycles. The summed E-state index contributed by atoms with van der Waals surface area (Å²) >= 11 is 6.14. The third-order valence-corrected chi connectivity index (χ3v) is 30.6. The monoisotopic (exact) mass is 1270 g/mol. The van der Waals surface area contributed by atoms with Gasteiger partial charge in [0.2, 0.25) is 13.4 Å². The van der Waals surface area contributed by atoms with Crippen LogP contribution < -0.4 is 42.6 Å². The number of anilines is 6. The number of benzene rings is 13. The van der Waals surface area contributed by atoms with Crippen molar-refractivity contribution in [1.82, 2.24) is 4.57 Å². The Morgan fingerprint density at radius 3 is 1.40 bits per heavy atom. The molecule has 9 heteroatoms. The molecule has 2 unspecified atom stereocenters. The highest BCUT2D eigenvalue weighted by atomic mass is 32.3. The van der Waals surface area contributed by atoms with Gasteiger partial charge in [0.25, 0.3) is 0 Å². The highest BCUT2D eigenvalue weighted by Gasteiger charge is 2.66.